The molecule has 0 fully saturated rings. The van der Waals surface area contributed by atoms with Gasteiger partial charge in [-0.2, -0.15) is 0 Å². The summed E-state index contributed by atoms with van der Waals surface area (Å²) < 4.78 is 13.5. The molecule has 1 aromatic carbocycles. The van der Waals surface area contributed by atoms with Crippen molar-refractivity contribution in [3.63, 3.8) is 0 Å². The van der Waals surface area contributed by atoms with Gasteiger partial charge in [0.1, 0.15) is 5.82 Å². The van der Waals surface area contributed by atoms with Crippen LogP contribution in [0.25, 0.3) is 0 Å². The number of amidine groups is 1. The van der Waals surface area contributed by atoms with Crippen LogP contribution in [-0.2, 0) is 6.54 Å². The molecule has 0 aromatic heterocycles. The van der Waals surface area contributed by atoms with Crippen LogP contribution < -0.4 is 5.73 Å². The van der Waals surface area contributed by atoms with E-state index in [-0.39, 0.29) is 17.7 Å². The van der Waals surface area contributed by atoms with E-state index >= 15 is 0 Å². The standard InChI is InChI=1S/C11H15ClFN3O/c1-7(11(14)15-17)16(2)6-8-3-4-9(12)5-10(8)13/h3-5,7,17H,6H2,1-2H3,(H2,14,15). The number of nitrogens with zero attached hydrogens (tertiary/aromatic N) is 2. The number of hydrogen-bond donors (Lipinski definition) is 2. The predicted octanol–water partition coefficient (Wildman–Crippen LogP) is 2.05. The predicted molar refractivity (Wildman–Crippen MR) is 65.7 cm³/mol. The van der Waals surface area contributed by atoms with E-state index in [1.807, 2.05) is 0 Å². The van der Waals surface area contributed by atoms with E-state index in [1.54, 1.807) is 31.0 Å². The molecule has 0 saturated heterocycles. The lowest BCUT2D eigenvalue weighted by molar-refractivity contribution is 0.276. The summed E-state index contributed by atoms with van der Waals surface area (Å²) in [6.45, 7) is 2.11. The molecular weight excluding hydrogens is 245 g/mol. The number of nitrogens with two attached hydrogens (primary N) is 1. The minimum atomic E-state index is -0.365. The lowest BCUT2D eigenvalue weighted by atomic mass is 10.1. The van der Waals surface area contributed by atoms with Gasteiger partial charge in [0.25, 0.3) is 0 Å². The highest BCUT2D eigenvalue weighted by Crippen LogP contribution is 2.16. The Kier molecular flexibility index (Phi) is 4.72. The monoisotopic (exact) mass is 259 g/mol. The van der Waals surface area contributed by atoms with E-state index in [9.17, 15) is 4.39 Å². The second-order valence-corrected chi connectivity index (χ2v) is 4.29. The van der Waals surface area contributed by atoms with Gasteiger partial charge in [0.2, 0.25) is 0 Å². The Hall–Kier alpha value is -1.33. The Bertz CT molecular complexity index is 425. The van der Waals surface area contributed by atoms with Crippen LogP contribution in [0.15, 0.2) is 23.4 Å². The summed E-state index contributed by atoms with van der Waals surface area (Å²) in [6, 6.07) is 4.23. The lowest BCUT2D eigenvalue weighted by Gasteiger charge is -2.23. The molecule has 4 nitrogen and oxygen atoms in total. The van der Waals surface area contributed by atoms with Gasteiger partial charge in [0.15, 0.2) is 5.84 Å². The molecule has 1 aromatic rings. The number of likely N-dealkylation sites (N-methyl/N-ethyl adjacent to an activating group) is 1. The molecule has 1 atom stereocenters. The lowest BCUT2D eigenvalue weighted by Crippen LogP contribution is -2.40. The van der Waals surface area contributed by atoms with Crippen molar-refractivity contribution in [3.05, 3.63) is 34.6 Å². The molecule has 3 N–H and O–H groups in total. The zero-order chi connectivity index (χ0) is 13.0. The molecular formula is C11H15ClFN3O. The Balaban J connectivity index is 2.77. The average molecular weight is 260 g/mol. The van der Waals surface area contributed by atoms with Crippen LogP contribution >= 0.6 is 11.6 Å². The van der Waals surface area contributed by atoms with Crippen molar-refractivity contribution in [1.82, 2.24) is 4.90 Å². The van der Waals surface area contributed by atoms with Crippen molar-refractivity contribution in [3.8, 4) is 0 Å². The number of benzene rings is 1. The van der Waals surface area contributed by atoms with Crippen molar-refractivity contribution < 1.29 is 9.60 Å². The molecule has 0 aliphatic heterocycles. The summed E-state index contributed by atoms with van der Waals surface area (Å²) in [6.07, 6.45) is 0. The zero-order valence-electron chi connectivity index (χ0n) is 9.69. The van der Waals surface area contributed by atoms with Crippen LogP contribution in [-0.4, -0.2) is 29.0 Å². The summed E-state index contributed by atoms with van der Waals surface area (Å²) in [7, 11) is 1.76. The number of hydrogen-bond acceptors (Lipinski definition) is 3. The highest BCUT2D eigenvalue weighted by molar-refractivity contribution is 6.30. The Morgan fingerprint density at radius 2 is 2.29 bits per heavy atom. The van der Waals surface area contributed by atoms with Crippen molar-refractivity contribution in [2.75, 3.05) is 7.05 Å². The molecule has 94 valence electrons. The van der Waals surface area contributed by atoms with Gasteiger partial charge in [0.05, 0.1) is 6.04 Å². The molecule has 1 unspecified atom stereocenters. The first-order chi connectivity index (χ1) is 7.95. The third kappa shape index (κ3) is 3.57. The number of halogens is 2. The molecule has 0 radical (unpaired) electrons. The highest BCUT2D eigenvalue weighted by Gasteiger charge is 2.15. The molecule has 0 heterocycles. The third-order valence-electron chi connectivity index (χ3n) is 2.64. The van der Waals surface area contributed by atoms with E-state index < -0.39 is 0 Å². The van der Waals surface area contributed by atoms with Crippen molar-refractivity contribution in [1.29, 1.82) is 0 Å². The van der Waals surface area contributed by atoms with Crippen LogP contribution in [0.5, 0.6) is 0 Å². The molecule has 17 heavy (non-hydrogen) atoms. The van der Waals surface area contributed by atoms with Gasteiger partial charge in [-0.15, -0.1) is 0 Å². The summed E-state index contributed by atoms with van der Waals surface area (Å²) in [5.41, 5.74) is 5.99. The van der Waals surface area contributed by atoms with E-state index in [2.05, 4.69) is 5.16 Å². The van der Waals surface area contributed by atoms with E-state index in [4.69, 9.17) is 22.5 Å². The Morgan fingerprint density at radius 1 is 1.65 bits per heavy atom. The quantitative estimate of drug-likeness (QED) is 0.377. The van der Waals surface area contributed by atoms with Crippen molar-refractivity contribution in [2.45, 2.75) is 19.5 Å². The number of oxime groups is 1. The molecule has 0 spiro atoms. The highest BCUT2D eigenvalue weighted by atomic mass is 35.5. The van der Waals surface area contributed by atoms with Crippen LogP contribution in [0.1, 0.15) is 12.5 Å². The largest absolute Gasteiger partial charge is 0.409 e. The van der Waals surface area contributed by atoms with Gasteiger partial charge in [-0.1, -0.05) is 22.8 Å². The van der Waals surface area contributed by atoms with Gasteiger partial charge in [0, 0.05) is 17.1 Å². The fraction of sp³-hybridized carbons (Fsp3) is 0.364. The average Bonchev–Trinajstić information content (AvgIpc) is 2.30. The molecule has 6 heteroatoms. The van der Waals surface area contributed by atoms with Crippen LogP contribution in [0.4, 0.5) is 4.39 Å². The van der Waals surface area contributed by atoms with Crippen LogP contribution in [0.3, 0.4) is 0 Å². The smallest absolute Gasteiger partial charge is 0.156 e. The molecule has 0 bridgehead atoms. The van der Waals surface area contributed by atoms with Gasteiger partial charge in [-0.3, -0.25) is 4.90 Å². The summed E-state index contributed by atoms with van der Waals surface area (Å²) >= 11 is 5.66. The van der Waals surface area contributed by atoms with Gasteiger partial charge in [-0.05, 0) is 26.1 Å². The molecule has 0 saturated carbocycles. The van der Waals surface area contributed by atoms with Crippen LogP contribution in [0.2, 0.25) is 5.02 Å². The van der Waals surface area contributed by atoms with Crippen molar-refractivity contribution in [2.24, 2.45) is 10.9 Å². The first kappa shape index (κ1) is 13.7. The fourth-order valence-electron chi connectivity index (χ4n) is 1.36. The van der Waals surface area contributed by atoms with E-state index in [0.717, 1.165) is 0 Å². The third-order valence-corrected chi connectivity index (χ3v) is 2.87. The zero-order valence-corrected chi connectivity index (χ0v) is 10.4. The summed E-state index contributed by atoms with van der Waals surface area (Å²) in [4.78, 5) is 1.77. The second-order valence-electron chi connectivity index (χ2n) is 3.85. The topological polar surface area (TPSA) is 61.9 Å². The van der Waals surface area contributed by atoms with Crippen LogP contribution in [0, 0.1) is 5.82 Å². The molecule has 0 aliphatic rings. The van der Waals surface area contributed by atoms with Gasteiger partial charge < -0.3 is 10.9 Å². The van der Waals surface area contributed by atoms with E-state index in [0.29, 0.717) is 17.1 Å². The maximum atomic E-state index is 13.5. The summed E-state index contributed by atoms with van der Waals surface area (Å²) in [5, 5.41) is 11.8. The SMILES string of the molecule is CC(/C(N)=N/O)N(C)Cc1ccc(Cl)cc1F. The normalized spacial score (nSPS) is 14.1. The van der Waals surface area contributed by atoms with E-state index in [1.165, 1.54) is 6.07 Å². The first-order valence-electron chi connectivity index (χ1n) is 5.07. The molecule has 0 amide bonds. The van der Waals surface area contributed by atoms with Gasteiger partial charge in [-0.25, -0.2) is 4.39 Å². The van der Waals surface area contributed by atoms with Crippen molar-refractivity contribution >= 4 is 17.4 Å². The summed E-state index contributed by atoms with van der Waals surface area (Å²) in [5.74, 6) is -0.280. The fourth-order valence-corrected chi connectivity index (χ4v) is 1.52. The Labute approximate surface area is 104 Å². The maximum absolute atomic E-state index is 13.5. The minimum absolute atomic E-state index is 0.0851. The molecule has 1 rings (SSSR count). The first-order valence-corrected chi connectivity index (χ1v) is 5.45. The maximum Gasteiger partial charge on any atom is 0.156 e. The number of rotatable bonds is 4. The Morgan fingerprint density at radius 3 is 2.82 bits per heavy atom. The minimum Gasteiger partial charge on any atom is -0.409 e. The molecule has 0 aliphatic carbocycles. The van der Waals surface area contributed by atoms with Gasteiger partial charge >= 0.3 is 0 Å². The second kappa shape index (κ2) is 5.84.